The van der Waals surface area contributed by atoms with Crippen LogP contribution in [0.25, 0.3) is 16.6 Å². The molecular weight excluding hydrogens is 278 g/mol. The predicted molar refractivity (Wildman–Crippen MR) is 83.3 cm³/mol. The molecule has 3 aromatic heterocycles. The number of anilines is 2. The summed E-state index contributed by atoms with van der Waals surface area (Å²) in [5, 5.41) is 15.7. The summed E-state index contributed by atoms with van der Waals surface area (Å²) in [6.45, 7) is 1.98. The Hall–Kier alpha value is -3.22. The van der Waals surface area contributed by atoms with E-state index in [9.17, 15) is 0 Å². The van der Waals surface area contributed by atoms with Gasteiger partial charge in [0.2, 0.25) is 0 Å². The molecule has 0 fully saturated rings. The van der Waals surface area contributed by atoms with Gasteiger partial charge in [-0.25, -0.2) is 14.6 Å². The van der Waals surface area contributed by atoms with Crippen LogP contribution < -0.4 is 5.32 Å². The molecule has 108 valence electrons. The number of hydrogen-bond acceptors (Lipinski definition) is 5. The molecular formula is C15H13N7. The first-order chi connectivity index (χ1) is 10.8. The maximum Gasteiger partial charge on any atom is 0.141 e. The molecule has 1 aromatic carbocycles. The highest BCUT2D eigenvalue weighted by Gasteiger charge is 2.08. The fourth-order valence-corrected chi connectivity index (χ4v) is 2.39. The van der Waals surface area contributed by atoms with E-state index >= 15 is 0 Å². The van der Waals surface area contributed by atoms with Gasteiger partial charge in [0, 0.05) is 17.6 Å². The maximum atomic E-state index is 4.41. The van der Waals surface area contributed by atoms with E-state index in [1.807, 2.05) is 37.3 Å². The highest BCUT2D eigenvalue weighted by Crippen LogP contribution is 2.25. The van der Waals surface area contributed by atoms with Gasteiger partial charge in [-0.05, 0) is 37.3 Å². The SMILES string of the molecule is Cc1[nH]nc2ccnc(Nc3ccc(-n4cncn4)cc3)c12. The monoisotopic (exact) mass is 291 g/mol. The van der Waals surface area contributed by atoms with Gasteiger partial charge in [-0.1, -0.05) is 0 Å². The number of nitrogens with one attached hydrogen (secondary N) is 2. The molecule has 0 saturated heterocycles. The van der Waals surface area contributed by atoms with E-state index in [0.29, 0.717) is 0 Å². The first-order valence-corrected chi connectivity index (χ1v) is 6.83. The molecule has 0 amide bonds. The number of nitrogens with zero attached hydrogens (tertiary/aromatic N) is 5. The number of H-pyrrole nitrogens is 1. The third kappa shape index (κ3) is 2.08. The standard InChI is InChI=1S/C15H13N7/c1-10-14-13(21-20-10)6-7-17-15(14)19-11-2-4-12(5-3-11)22-9-16-8-18-22/h2-9H,1H3,(H,17,19)(H,20,21). The summed E-state index contributed by atoms with van der Waals surface area (Å²) < 4.78 is 1.71. The van der Waals surface area contributed by atoms with Crippen molar-refractivity contribution in [2.75, 3.05) is 5.32 Å². The lowest BCUT2D eigenvalue weighted by molar-refractivity contribution is 0.879. The van der Waals surface area contributed by atoms with Crippen molar-refractivity contribution >= 4 is 22.4 Å². The minimum atomic E-state index is 0.789. The zero-order chi connectivity index (χ0) is 14.9. The molecule has 0 aliphatic rings. The molecule has 0 saturated carbocycles. The van der Waals surface area contributed by atoms with E-state index in [1.165, 1.54) is 6.33 Å². The first-order valence-electron chi connectivity index (χ1n) is 6.83. The van der Waals surface area contributed by atoms with Gasteiger partial charge in [-0.15, -0.1) is 0 Å². The molecule has 4 aromatic rings. The third-order valence-electron chi connectivity index (χ3n) is 3.46. The topological polar surface area (TPSA) is 84.3 Å². The van der Waals surface area contributed by atoms with Gasteiger partial charge >= 0.3 is 0 Å². The Balaban J connectivity index is 1.67. The van der Waals surface area contributed by atoms with Crippen molar-refractivity contribution < 1.29 is 0 Å². The van der Waals surface area contributed by atoms with Crippen LogP contribution in [0.2, 0.25) is 0 Å². The maximum absolute atomic E-state index is 4.41. The fraction of sp³-hybridized carbons (Fsp3) is 0.0667. The normalized spacial score (nSPS) is 11.0. The van der Waals surface area contributed by atoms with Crippen LogP contribution in [0, 0.1) is 6.92 Å². The number of hydrogen-bond donors (Lipinski definition) is 2. The lowest BCUT2D eigenvalue weighted by Gasteiger charge is -2.08. The number of benzene rings is 1. The Morgan fingerprint density at radius 1 is 1.14 bits per heavy atom. The third-order valence-corrected chi connectivity index (χ3v) is 3.46. The molecule has 4 rings (SSSR count). The summed E-state index contributed by atoms with van der Waals surface area (Å²) in [5.74, 6) is 0.789. The Bertz CT molecular complexity index is 907. The molecule has 0 aliphatic carbocycles. The first kappa shape index (κ1) is 12.5. The van der Waals surface area contributed by atoms with E-state index in [0.717, 1.165) is 33.8 Å². The zero-order valence-corrected chi connectivity index (χ0v) is 11.9. The minimum Gasteiger partial charge on any atom is -0.340 e. The number of aromatic amines is 1. The summed E-state index contributed by atoms with van der Waals surface area (Å²) in [6, 6.07) is 9.79. The second-order valence-electron chi connectivity index (χ2n) is 4.91. The lowest BCUT2D eigenvalue weighted by atomic mass is 10.2. The molecule has 2 N–H and O–H groups in total. The summed E-state index contributed by atoms with van der Waals surface area (Å²) in [6.07, 6.45) is 4.92. The molecule has 7 heteroatoms. The fourth-order valence-electron chi connectivity index (χ4n) is 2.39. The Morgan fingerprint density at radius 3 is 2.77 bits per heavy atom. The summed E-state index contributed by atoms with van der Waals surface area (Å²) in [4.78, 5) is 8.35. The van der Waals surface area contributed by atoms with Crippen molar-refractivity contribution in [3.63, 3.8) is 0 Å². The predicted octanol–water partition coefficient (Wildman–Crippen LogP) is 2.59. The highest BCUT2D eigenvalue weighted by atomic mass is 15.3. The minimum absolute atomic E-state index is 0.789. The zero-order valence-electron chi connectivity index (χ0n) is 11.9. The number of fused-ring (bicyclic) bond motifs is 1. The van der Waals surface area contributed by atoms with Gasteiger partial charge in [0.25, 0.3) is 0 Å². The van der Waals surface area contributed by atoms with Crippen molar-refractivity contribution in [3.8, 4) is 5.69 Å². The second-order valence-corrected chi connectivity index (χ2v) is 4.91. The van der Waals surface area contributed by atoms with Gasteiger partial charge in [0.15, 0.2) is 0 Å². The molecule has 3 heterocycles. The van der Waals surface area contributed by atoms with Gasteiger partial charge in [0.05, 0.1) is 16.6 Å². The van der Waals surface area contributed by atoms with Crippen LogP contribution in [0.4, 0.5) is 11.5 Å². The molecule has 0 radical (unpaired) electrons. The highest BCUT2D eigenvalue weighted by molar-refractivity contribution is 5.92. The largest absolute Gasteiger partial charge is 0.340 e. The van der Waals surface area contributed by atoms with Crippen molar-refractivity contribution in [2.24, 2.45) is 0 Å². The van der Waals surface area contributed by atoms with E-state index in [4.69, 9.17) is 0 Å². The Kier molecular flexibility index (Phi) is 2.82. The van der Waals surface area contributed by atoms with Crippen LogP contribution >= 0.6 is 0 Å². The van der Waals surface area contributed by atoms with Crippen molar-refractivity contribution in [1.29, 1.82) is 0 Å². The molecule has 0 spiro atoms. The molecule has 7 nitrogen and oxygen atoms in total. The van der Waals surface area contributed by atoms with Crippen molar-refractivity contribution in [1.82, 2.24) is 29.9 Å². The Labute approximate surface area is 126 Å². The quantitative estimate of drug-likeness (QED) is 0.606. The van der Waals surface area contributed by atoms with Gasteiger partial charge in [-0.3, -0.25) is 5.10 Å². The van der Waals surface area contributed by atoms with Crippen molar-refractivity contribution in [2.45, 2.75) is 6.92 Å². The lowest BCUT2D eigenvalue weighted by Crippen LogP contribution is -1.97. The van der Waals surface area contributed by atoms with Crippen LogP contribution in [0.5, 0.6) is 0 Å². The van der Waals surface area contributed by atoms with Crippen molar-refractivity contribution in [3.05, 3.63) is 54.9 Å². The van der Waals surface area contributed by atoms with E-state index in [1.54, 1.807) is 17.2 Å². The van der Waals surface area contributed by atoms with Crippen LogP contribution in [-0.2, 0) is 0 Å². The summed E-state index contributed by atoms with van der Waals surface area (Å²) in [7, 11) is 0. The smallest absolute Gasteiger partial charge is 0.141 e. The molecule has 0 aliphatic heterocycles. The average Bonchev–Trinajstić information content (AvgIpc) is 3.19. The second kappa shape index (κ2) is 4.96. The molecule has 0 bridgehead atoms. The van der Waals surface area contributed by atoms with E-state index in [-0.39, 0.29) is 0 Å². The molecule has 0 unspecified atom stereocenters. The van der Waals surface area contributed by atoms with Gasteiger partial charge in [0.1, 0.15) is 18.5 Å². The van der Waals surface area contributed by atoms with Gasteiger partial charge in [-0.2, -0.15) is 10.2 Å². The van der Waals surface area contributed by atoms with Crippen LogP contribution in [0.1, 0.15) is 5.69 Å². The number of aromatic nitrogens is 6. The summed E-state index contributed by atoms with van der Waals surface area (Å²) >= 11 is 0. The van der Waals surface area contributed by atoms with Crippen LogP contribution in [-0.4, -0.2) is 29.9 Å². The number of aryl methyl sites for hydroxylation is 1. The van der Waals surface area contributed by atoms with E-state index < -0.39 is 0 Å². The van der Waals surface area contributed by atoms with Gasteiger partial charge < -0.3 is 5.32 Å². The summed E-state index contributed by atoms with van der Waals surface area (Å²) in [5.41, 5.74) is 3.79. The average molecular weight is 291 g/mol. The Morgan fingerprint density at radius 2 is 2.00 bits per heavy atom. The molecule has 0 atom stereocenters. The van der Waals surface area contributed by atoms with Crippen LogP contribution in [0.3, 0.4) is 0 Å². The number of rotatable bonds is 3. The van der Waals surface area contributed by atoms with E-state index in [2.05, 4.69) is 30.6 Å². The van der Waals surface area contributed by atoms with Crippen LogP contribution in [0.15, 0.2) is 49.2 Å². The molecule has 22 heavy (non-hydrogen) atoms. The number of pyridine rings is 1.